The van der Waals surface area contributed by atoms with Gasteiger partial charge >= 0.3 is 0 Å². The summed E-state index contributed by atoms with van der Waals surface area (Å²) >= 11 is 5.01. The number of thioether (sulfide) groups is 1. The number of carbonyl (C=O) groups excluding carboxylic acids is 1. The summed E-state index contributed by atoms with van der Waals surface area (Å²) in [6.45, 7) is 0. The SMILES string of the molecule is O=C(CSc1ccccc1Br)c1coc2ccccc12. The zero-order chi connectivity index (χ0) is 13.9. The predicted molar refractivity (Wildman–Crippen MR) is 85.4 cm³/mol. The second-order valence-electron chi connectivity index (χ2n) is 4.29. The Hall–Kier alpha value is -1.52. The standard InChI is InChI=1S/C16H11BrO2S/c17-13-6-2-4-8-16(13)20-10-14(18)12-9-19-15-7-3-1-5-11(12)15/h1-9H,10H2. The highest BCUT2D eigenvalue weighted by atomic mass is 79.9. The molecule has 0 saturated heterocycles. The van der Waals surface area contributed by atoms with Gasteiger partial charge in [0.1, 0.15) is 11.8 Å². The van der Waals surface area contributed by atoms with Gasteiger partial charge in [-0.1, -0.05) is 30.3 Å². The van der Waals surface area contributed by atoms with Gasteiger partial charge in [-0.2, -0.15) is 0 Å². The van der Waals surface area contributed by atoms with E-state index in [1.54, 1.807) is 6.26 Å². The van der Waals surface area contributed by atoms with E-state index in [1.165, 1.54) is 11.8 Å². The maximum absolute atomic E-state index is 12.3. The number of benzene rings is 2. The Morgan fingerprint density at radius 1 is 1.10 bits per heavy atom. The Morgan fingerprint density at radius 2 is 1.85 bits per heavy atom. The van der Waals surface area contributed by atoms with Gasteiger partial charge in [-0.15, -0.1) is 11.8 Å². The van der Waals surface area contributed by atoms with Gasteiger partial charge in [0.15, 0.2) is 5.78 Å². The lowest BCUT2D eigenvalue weighted by Gasteiger charge is -2.02. The largest absolute Gasteiger partial charge is 0.464 e. The molecule has 0 fully saturated rings. The molecule has 100 valence electrons. The van der Waals surface area contributed by atoms with Crippen LogP contribution in [-0.2, 0) is 0 Å². The van der Waals surface area contributed by atoms with Crippen molar-refractivity contribution in [3.8, 4) is 0 Å². The van der Waals surface area contributed by atoms with Crippen molar-refractivity contribution in [2.24, 2.45) is 0 Å². The van der Waals surface area contributed by atoms with Gasteiger partial charge in [-0.3, -0.25) is 4.79 Å². The lowest BCUT2D eigenvalue weighted by atomic mass is 10.1. The third-order valence-electron chi connectivity index (χ3n) is 2.98. The second kappa shape index (κ2) is 5.85. The first-order valence-corrected chi connectivity index (χ1v) is 7.90. The summed E-state index contributed by atoms with van der Waals surface area (Å²) in [5, 5.41) is 0.880. The van der Waals surface area contributed by atoms with Crippen LogP contribution in [0.25, 0.3) is 11.0 Å². The van der Waals surface area contributed by atoms with Crippen molar-refractivity contribution in [1.82, 2.24) is 0 Å². The van der Waals surface area contributed by atoms with Crippen LogP contribution in [0, 0.1) is 0 Å². The van der Waals surface area contributed by atoms with Crippen LogP contribution >= 0.6 is 27.7 Å². The van der Waals surface area contributed by atoms with Crippen LogP contribution in [0.3, 0.4) is 0 Å². The Bertz CT molecular complexity index is 764. The maximum Gasteiger partial charge on any atom is 0.176 e. The minimum absolute atomic E-state index is 0.0794. The molecule has 20 heavy (non-hydrogen) atoms. The number of hydrogen-bond acceptors (Lipinski definition) is 3. The molecule has 1 aromatic heterocycles. The molecule has 4 heteroatoms. The first-order valence-electron chi connectivity index (χ1n) is 6.12. The molecular weight excluding hydrogens is 336 g/mol. The van der Waals surface area contributed by atoms with E-state index in [2.05, 4.69) is 15.9 Å². The summed E-state index contributed by atoms with van der Waals surface area (Å²) in [5.74, 6) is 0.474. The summed E-state index contributed by atoms with van der Waals surface area (Å²) < 4.78 is 6.42. The van der Waals surface area contributed by atoms with Crippen LogP contribution in [0.15, 0.2) is 68.6 Å². The molecule has 0 saturated carbocycles. The first kappa shape index (κ1) is 13.5. The number of Topliss-reactive ketones (excluding diaryl/α,β-unsaturated/α-hetero) is 1. The molecule has 0 unspecified atom stereocenters. The van der Waals surface area contributed by atoms with Crippen LogP contribution in [-0.4, -0.2) is 11.5 Å². The molecule has 0 bridgehead atoms. The normalized spacial score (nSPS) is 10.8. The number of hydrogen-bond donors (Lipinski definition) is 0. The van der Waals surface area contributed by atoms with Crippen molar-refractivity contribution in [3.63, 3.8) is 0 Å². The second-order valence-corrected chi connectivity index (χ2v) is 6.16. The van der Waals surface area contributed by atoms with Crippen molar-refractivity contribution in [2.75, 3.05) is 5.75 Å². The van der Waals surface area contributed by atoms with Crippen molar-refractivity contribution < 1.29 is 9.21 Å². The molecule has 3 aromatic rings. The fourth-order valence-corrected chi connectivity index (χ4v) is 3.43. The number of rotatable bonds is 4. The molecular formula is C16H11BrO2S. The van der Waals surface area contributed by atoms with Crippen molar-refractivity contribution in [1.29, 1.82) is 0 Å². The Kier molecular flexibility index (Phi) is 3.94. The lowest BCUT2D eigenvalue weighted by Crippen LogP contribution is -2.01. The van der Waals surface area contributed by atoms with Gasteiger partial charge in [-0.05, 0) is 34.1 Å². The van der Waals surface area contributed by atoms with E-state index in [9.17, 15) is 4.79 Å². The molecule has 0 spiro atoms. The Balaban J connectivity index is 1.79. The number of furan rings is 1. The zero-order valence-corrected chi connectivity index (χ0v) is 12.9. The van der Waals surface area contributed by atoms with Gasteiger partial charge < -0.3 is 4.42 Å². The van der Waals surface area contributed by atoms with Crippen molar-refractivity contribution in [2.45, 2.75) is 4.90 Å². The molecule has 0 N–H and O–H groups in total. The molecule has 0 aliphatic carbocycles. The van der Waals surface area contributed by atoms with E-state index in [0.717, 1.165) is 20.3 Å². The van der Waals surface area contributed by atoms with Gasteiger partial charge in [0.25, 0.3) is 0 Å². The minimum atomic E-state index is 0.0794. The maximum atomic E-state index is 12.3. The number of para-hydroxylation sites is 1. The molecule has 0 radical (unpaired) electrons. The topological polar surface area (TPSA) is 30.2 Å². The predicted octanol–water partition coefficient (Wildman–Crippen LogP) is 5.17. The monoisotopic (exact) mass is 346 g/mol. The highest BCUT2D eigenvalue weighted by Crippen LogP contribution is 2.29. The molecule has 0 aliphatic rings. The van der Waals surface area contributed by atoms with Crippen LogP contribution in [0.2, 0.25) is 0 Å². The minimum Gasteiger partial charge on any atom is -0.464 e. The quantitative estimate of drug-likeness (QED) is 0.482. The molecule has 1 heterocycles. The van der Waals surface area contributed by atoms with E-state index in [0.29, 0.717) is 11.3 Å². The number of fused-ring (bicyclic) bond motifs is 1. The Morgan fingerprint density at radius 3 is 2.70 bits per heavy atom. The van der Waals surface area contributed by atoms with Gasteiger partial charge in [0.2, 0.25) is 0 Å². The summed E-state index contributed by atoms with van der Waals surface area (Å²) in [4.78, 5) is 13.4. The van der Waals surface area contributed by atoms with Crippen LogP contribution < -0.4 is 0 Å². The van der Waals surface area contributed by atoms with E-state index in [-0.39, 0.29) is 5.78 Å². The third-order valence-corrected chi connectivity index (χ3v) is 5.00. The Labute approximate surface area is 129 Å². The summed E-state index contributed by atoms with van der Waals surface area (Å²) in [6.07, 6.45) is 1.55. The molecule has 0 atom stereocenters. The van der Waals surface area contributed by atoms with Crippen LogP contribution in [0.4, 0.5) is 0 Å². The van der Waals surface area contributed by atoms with Crippen molar-refractivity contribution >= 4 is 44.4 Å². The molecule has 2 nitrogen and oxygen atoms in total. The molecule has 0 aliphatic heterocycles. The van der Waals surface area contributed by atoms with Gasteiger partial charge in [0.05, 0.1) is 11.3 Å². The van der Waals surface area contributed by atoms with E-state index in [1.807, 2.05) is 48.5 Å². The average Bonchev–Trinajstić information content (AvgIpc) is 2.90. The van der Waals surface area contributed by atoms with Crippen LogP contribution in [0.5, 0.6) is 0 Å². The van der Waals surface area contributed by atoms with Crippen molar-refractivity contribution in [3.05, 3.63) is 64.8 Å². The van der Waals surface area contributed by atoms with E-state index < -0.39 is 0 Å². The first-order chi connectivity index (χ1) is 9.75. The lowest BCUT2D eigenvalue weighted by molar-refractivity contribution is 0.102. The molecule has 0 amide bonds. The number of halogens is 1. The fourth-order valence-electron chi connectivity index (χ4n) is 1.98. The smallest absolute Gasteiger partial charge is 0.176 e. The zero-order valence-electron chi connectivity index (χ0n) is 10.5. The summed E-state index contributed by atoms with van der Waals surface area (Å²) in [6, 6.07) is 15.5. The third kappa shape index (κ3) is 2.67. The fraction of sp³-hybridized carbons (Fsp3) is 0.0625. The summed E-state index contributed by atoms with van der Waals surface area (Å²) in [7, 11) is 0. The van der Waals surface area contributed by atoms with Gasteiger partial charge in [-0.25, -0.2) is 0 Å². The van der Waals surface area contributed by atoms with E-state index >= 15 is 0 Å². The number of carbonyl (C=O) groups is 1. The van der Waals surface area contributed by atoms with Gasteiger partial charge in [0, 0.05) is 14.8 Å². The highest BCUT2D eigenvalue weighted by Gasteiger charge is 2.14. The molecule has 3 rings (SSSR count). The average molecular weight is 347 g/mol. The van der Waals surface area contributed by atoms with E-state index in [4.69, 9.17) is 4.42 Å². The highest BCUT2D eigenvalue weighted by molar-refractivity contribution is 9.10. The number of ketones is 1. The molecule has 2 aromatic carbocycles. The van der Waals surface area contributed by atoms with Crippen LogP contribution in [0.1, 0.15) is 10.4 Å². The summed E-state index contributed by atoms with van der Waals surface area (Å²) in [5.41, 5.74) is 1.40.